The first-order valence-corrected chi connectivity index (χ1v) is 4.56. The molecule has 0 atom stereocenters. The highest BCUT2D eigenvalue weighted by atomic mass is 31.2. The Morgan fingerprint density at radius 3 is 2.33 bits per heavy atom. The molecule has 0 spiro atoms. The summed E-state index contributed by atoms with van der Waals surface area (Å²) in [6, 6.07) is 0. The molecule has 5 heteroatoms. The quantitative estimate of drug-likeness (QED) is 0.358. The van der Waals surface area contributed by atoms with Gasteiger partial charge in [-0.2, -0.15) is 0 Å². The Morgan fingerprint density at radius 2 is 2.00 bits per heavy atom. The van der Waals surface area contributed by atoms with Crippen molar-refractivity contribution in [3.63, 3.8) is 0 Å². The first kappa shape index (κ1) is 8.98. The summed E-state index contributed by atoms with van der Waals surface area (Å²) >= 11 is 0. The maximum absolute atomic E-state index is 9.72. The van der Waals surface area contributed by atoms with Gasteiger partial charge in [-0.1, -0.05) is 0 Å². The predicted octanol–water partition coefficient (Wildman–Crippen LogP) is -0.990. The van der Waals surface area contributed by atoms with Crippen LogP contribution in [0.2, 0.25) is 0 Å². The Morgan fingerprint density at radius 1 is 1.44 bits per heavy atom. The summed E-state index contributed by atoms with van der Waals surface area (Å²) < 4.78 is 0. The molecule has 0 saturated carbocycles. The van der Waals surface area contributed by atoms with Gasteiger partial charge in [-0.05, 0) is 0 Å². The van der Waals surface area contributed by atoms with Crippen molar-refractivity contribution in [1.82, 2.24) is 0 Å². The molecule has 0 aliphatic rings. The molecule has 9 heavy (non-hydrogen) atoms. The van der Waals surface area contributed by atoms with Crippen LogP contribution in [0.1, 0.15) is 0 Å². The van der Waals surface area contributed by atoms with E-state index < -0.39 is 7.72 Å². The van der Waals surface area contributed by atoms with Crippen molar-refractivity contribution in [3.8, 4) is 0 Å². The van der Waals surface area contributed by atoms with Crippen molar-refractivity contribution in [2.75, 3.05) is 18.9 Å². The fourth-order valence-electron chi connectivity index (χ4n) is 0.371. The fourth-order valence-corrected chi connectivity index (χ4v) is 1.11. The minimum absolute atomic E-state index is 0.0776. The molecule has 0 unspecified atom stereocenters. The molecule has 0 aliphatic carbocycles. The van der Waals surface area contributed by atoms with Crippen molar-refractivity contribution < 1.29 is 19.7 Å². The molecular weight excluding hydrogens is 143 g/mol. The van der Waals surface area contributed by atoms with Gasteiger partial charge in [0.05, 0.1) is 6.61 Å². The van der Waals surface area contributed by atoms with Crippen molar-refractivity contribution in [2.45, 2.75) is 0 Å². The molecule has 0 fully saturated rings. The Kier molecular flexibility index (Phi) is 3.89. The topological polar surface area (TPSA) is 77.8 Å². The molecule has 0 radical (unpaired) electrons. The van der Waals surface area contributed by atoms with E-state index in [2.05, 4.69) is 0 Å². The van der Waals surface area contributed by atoms with Gasteiger partial charge in [0.15, 0.2) is 12.4 Å². The zero-order valence-electron chi connectivity index (χ0n) is 4.90. The van der Waals surface area contributed by atoms with E-state index in [1.807, 2.05) is 0 Å². The molecule has 0 aromatic carbocycles. The largest absolute Gasteiger partial charge is 0.392 e. The number of hydrogen-bond acceptors (Lipinski definition) is 4. The van der Waals surface area contributed by atoms with Gasteiger partial charge in [-0.3, -0.25) is 4.79 Å². The van der Waals surface area contributed by atoms with E-state index in [1.54, 1.807) is 0 Å². The van der Waals surface area contributed by atoms with Gasteiger partial charge in [0.1, 0.15) is 6.16 Å². The molecule has 0 saturated heterocycles. The maximum atomic E-state index is 9.72. The van der Waals surface area contributed by atoms with Gasteiger partial charge < -0.3 is 5.11 Å². The Labute approximate surface area is 53.6 Å². The van der Waals surface area contributed by atoms with E-state index in [4.69, 9.17) is 14.9 Å². The first-order chi connectivity index (χ1) is 4.12. The highest BCUT2D eigenvalue weighted by molar-refractivity contribution is 7.65. The molecule has 0 aliphatic heterocycles. The molecule has 3 N–H and O–H groups in total. The zero-order valence-corrected chi connectivity index (χ0v) is 5.79. The second-order valence-electron chi connectivity index (χ2n) is 1.68. The highest BCUT2D eigenvalue weighted by Crippen LogP contribution is 2.47. The zero-order chi connectivity index (χ0) is 7.33. The average Bonchev–Trinajstić information content (AvgIpc) is 1.64. The molecule has 0 bridgehead atoms. The van der Waals surface area contributed by atoms with Crippen molar-refractivity contribution in [1.29, 1.82) is 0 Å². The van der Waals surface area contributed by atoms with E-state index >= 15 is 0 Å². The lowest BCUT2D eigenvalue weighted by Gasteiger charge is -2.05. The molecule has 4 nitrogen and oxygen atoms in total. The molecule has 0 aromatic heterocycles. The van der Waals surface area contributed by atoms with Gasteiger partial charge in [0.25, 0.3) is 7.72 Å². The van der Waals surface area contributed by atoms with Gasteiger partial charge >= 0.3 is 0 Å². The lowest BCUT2D eigenvalue weighted by atomic mass is 10.9. The third-order valence-corrected chi connectivity index (χ3v) is 2.48. The number of aliphatic hydroxyl groups excluding tert-OH is 1. The summed E-state index contributed by atoms with van der Waals surface area (Å²) in [6.45, 7) is -0.283. The summed E-state index contributed by atoms with van der Waals surface area (Å²) in [7, 11) is -3.06. The second kappa shape index (κ2) is 3.90. The summed E-state index contributed by atoms with van der Waals surface area (Å²) in [5.41, 5.74) is 0. The van der Waals surface area contributed by atoms with E-state index in [-0.39, 0.29) is 18.9 Å². The van der Waals surface area contributed by atoms with Crippen LogP contribution in [0, 0.1) is 0 Å². The summed E-state index contributed by atoms with van der Waals surface area (Å²) in [5, 5.41) is 8.22. The molecule has 0 aromatic rings. The molecule has 0 amide bonds. The number of aldehydes is 1. The van der Waals surface area contributed by atoms with Crippen LogP contribution in [0.15, 0.2) is 0 Å². The van der Waals surface area contributed by atoms with Gasteiger partial charge in [-0.15, -0.1) is 0 Å². The van der Waals surface area contributed by atoms with Crippen LogP contribution >= 0.6 is 7.72 Å². The van der Waals surface area contributed by atoms with Crippen LogP contribution in [0.3, 0.4) is 0 Å². The maximum Gasteiger partial charge on any atom is 0.277 e. The van der Waals surface area contributed by atoms with E-state index in [1.165, 1.54) is 0 Å². The van der Waals surface area contributed by atoms with Crippen molar-refractivity contribution >= 4 is 14.0 Å². The monoisotopic (exact) mass is 153 g/mol. The van der Waals surface area contributed by atoms with Crippen molar-refractivity contribution in [2.24, 2.45) is 0 Å². The third kappa shape index (κ3) is 4.48. The van der Waals surface area contributed by atoms with E-state index in [0.717, 1.165) is 0 Å². The van der Waals surface area contributed by atoms with Gasteiger partial charge in [0.2, 0.25) is 0 Å². The van der Waals surface area contributed by atoms with Crippen LogP contribution in [0.25, 0.3) is 0 Å². The SMILES string of the molecule is O=CC[P+](O)(O)CCO. The Hall–Kier alpha value is -0.0200. The molecular formula is C4H10O4P+. The summed E-state index contributed by atoms with van der Waals surface area (Å²) in [4.78, 5) is 27.3. The second-order valence-corrected chi connectivity index (χ2v) is 4.25. The lowest BCUT2D eigenvalue weighted by molar-refractivity contribution is -0.105. The average molecular weight is 153 g/mol. The minimum atomic E-state index is -3.06. The summed E-state index contributed by atoms with van der Waals surface area (Å²) in [6.07, 6.45) is 0.128. The first-order valence-electron chi connectivity index (χ1n) is 2.49. The smallest absolute Gasteiger partial charge is 0.277 e. The van der Waals surface area contributed by atoms with Crippen LogP contribution in [0.5, 0.6) is 0 Å². The fraction of sp³-hybridized carbons (Fsp3) is 0.750. The lowest BCUT2D eigenvalue weighted by Crippen LogP contribution is -2.05. The van der Waals surface area contributed by atoms with E-state index in [0.29, 0.717) is 6.29 Å². The highest BCUT2D eigenvalue weighted by Gasteiger charge is 2.31. The number of carbonyl (C=O) groups excluding carboxylic acids is 1. The van der Waals surface area contributed by atoms with Crippen LogP contribution in [-0.4, -0.2) is 40.1 Å². The van der Waals surface area contributed by atoms with E-state index in [9.17, 15) is 4.79 Å². The molecule has 0 heterocycles. The normalized spacial score (nSPS) is 11.4. The third-order valence-electron chi connectivity index (χ3n) is 0.825. The number of rotatable bonds is 4. The van der Waals surface area contributed by atoms with Crippen molar-refractivity contribution in [3.05, 3.63) is 0 Å². The minimum Gasteiger partial charge on any atom is -0.392 e. The number of carbonyl (C=O) groups is 1. The van der Waals surface area contributed by atoms with Crippen LogP contribution < -0.4 is 0 Å². The number of aliphatic hydroxyl groups is 1. The Balaban J connectivity index is 3.55. The van der Waals surface area contributed by atoms with Gasteiger partial charge in [0, 0.05) is 0 Å². The predicted molar refractivity (Wildman–Crippen MR) is 34.2 cm³/mol. The van der Waals surface area contributed by atoms with Gasteiger partial charge in [-0.25, -0.2) is 9.79 Å². The summed E-state index contributed by atoms with van der Waals surface area (Å²) in [5.74, 6) is 0. The van der Waals surface area contributed by atoms with Crippen LogP contribution in [-0.2, 0) is 4.79 Å². The standard InChI is InChI=1S/C4H10O4P/c5-1-3-9(7,8)4-2-6/h1,6-8H,2-4H2/q+1. The Bertz CT molecular complexity index is 92.6. The van der Waals surface area contributed by atoms with Crippen LogP contribution in [0.4, 0.5) is 0 Å². The number of hydrogen-bond donors (Lipinski definition) is 3. The molecule has 54 valence electrons. The molecule has 0 rings (SSSR count).